The smallest absolute Gasteiger partial charge is 0.292 e. The third-order valence-electron chi connectivity index (χ3n) is 6.08. The van der Waals surface area contributed by atoms with Crippen molar-refractivity contribution >= 4 is 17.1 Å². The second-order valence-electron chi connectivity index (χ2n) is 8.21. The molecule has 1 N–H and O–H groups in total. The van der Waals surface area contributed by atoms with E-state index in [1.54, 1.807) is 6.07 Å². The molecule has 0 spiro atoms. The lowest BCUT2D eigenvalue weighted by atomic mass is 9.98. The summed E-state index contributed by atoms with van der Waals surface area (Å²) in [7, 11) is 0. The van der Waals surface area contributed by atoms with Gasteiger partial charge in [0.15, 0.2) is 0 Å². The van der Waals surface area contributed by atoms with Gasteiger partial charge in [0.2, 0.25) is 0 Å². The fourth-order valence-electron chi connectivity index (χ4n) is 4.24. The summed E-state index contributed by atoms with van der Waals surface area (Å²) in [6.45, 7) is 6.75. The molecular weight excluding hydrogens is 412 g/mol. The van der Waals surface area contributed by atoms with E-state index in [1.807, 2.05) is 79.7 Å². The van der Waals surface area contributed by atoms with Crippen molar-refractivity contribution in [3.63, 3.8) is 0 Å². The first-order chi connectivity index (χ1) is 16.2. The number of nitrogens with one attached hydrogen (secondary N) is 1. The van der Waals surface area contributed by atoms with Crippen LogP contribution in [0.15, 0.2) is 91.0 Å². The van der Waals surface area contributed by atoms with E-state index in [1.165, 1.54) is 0 Å². The molecule has 0 atom stereocenters. The maximum absolute atomic E-state index is 11.8. The zero-order chi connectivity index (χ0) is 23.0. The number of nitro benzene ring substituents is 1. The minimum Gasteiger partial charge on any atom is -0.369 e. The molecule has 6 heteroatoms. The van der Waals surface area contributed by atoms with Crippen molar-refractivity contribution in [3.05, 3.63) is 112 Å². The van der Waals surface area contributed by atoms with Gasteiger partial charge in [-0.1, -0.05) is 72.8 Å². The highest BCUT2D eigenvalue weighted by Gasteiger charge is 2.23. The van der Waals surface area contributed by atoms with Crippen LogP contribution in [0.4, 0.5) is 17.1 Å². The van der Waals surface area contributed by atoms with Crippen LogP contribution < -0.4 is 10.2 Å². The Balaban J connectivity index is 1.62. The van der Waals surface area contributed by atoms with Crippen LogP contribution in [0.1, 0.15) is 24.1 Å². The lowest BCUT2D eigenvalue weighted by molar-refractivity contribution is -0.384. The Bertz CT molecular complexity index is 1040. The number of rotatable bonds is 8. The molecule has 1 aliphatic heterocycles. The van der Waals surface area contributed by atoms with Crippen LogP contribution in [-0.2, 0) is 0 Å². The van der Waals surface area contributed by atoms with Crippen LogP contribution in [0.5, 0.6) is 0 Å². The lowest BCUT2D eigenvalue weighted by Gasteiger charge is -2.35. The third-order valence-corrected chi connectivity index (χ3v) is 6.08. The van der Waals surface area contributed by atoms with Crippen LogP contribution in [-0.4, -0.2) is 42.5 Å². The van der Waals surface area contributed by atoms with Crippen LogP contribution in [0.25, 0.3) is 0 Å². The van der Waals surface area contributed by atoms with E-state index < -0.39 is 0 Å². The van der Waals surface area contributed by atoms with E-state index in [0.717, 1.165) is 49.5 Å². The average molecular weight is 443 g/mol. The number of allylic oxidation sites excluding steroid dienone is 1. The number of benzene rings is 3. The van der Waals surface area contributed by atoms with Gasteiger partial charge in [0, 0.05) is 44.5 Å². The van der Waals surface area contributed by atoms with Gasteiger partial charge >= 0.3 is 0 Å². The molecule has 3 aromatic rings. The van der Waals surface area contributed by atoms with E-state index in [4.69, 9.17) is 0 Å². The van der Waals surface area contributed by atoms with E-state index in [2.05, 4.69) is 27.3 Å². The fraction of sp³-hybridized carbons (Fsp3) is 0.259. The zero-order valence-electron chi connectivity index (χ0n) is 18.9. The van der Waals surface area contributed by atoms with Crippen molar-refractivity contribution in [2.75, 3.05) is 42.9 Å². The van der Waals surface area contributed by atoms with Crippen molar-refractivity contribution in [1.29, 1.82) is 0 Å². The van der Waals surface area contributed by atoms with Crippen LogP contribution >= 0.6 is 0 Å². The molecule has 0 amide bonds. The second-order valence-corrected chi connectivity index (χ2v) is 8.21. The van der Waals surface area contributed by atoms with Gasteiger partial charge in [0.05, 0.1) is 11.0 Å². The summed E-state index contributed by atoms with van der Waals surface area (Å²) < 4.78 is 0. The van der Waals surface area contributed by atoms with E-state index in [-0.39, 0.29) is 16.7 Å². The number of hydrogen-bond acceptors (Lipinski definition) is 5. The normalized spacial score (nSPS) is 14.7. The number of piperazine rings is 1. The minimum atomic E-state index is -0.311. The van der Waals surface area contributed by atoms with Gasteiger partial charge in [0.1, 0.15) is 5.69 Å². The molecule has 0 radical (unpaired) electrons. The molecule has 0 aromatic heterocycles. The van der Waals surface area contributed by atoms with Crippen LogP contribution in [0.2, 0.25) is 0 Å². The van der Waals surface area contributed by atoms with Gasteiger partial charge in [-0.15, -0.1) is 0 Å². The van der Waals surface area contributed by atoms with Gasteiger partial charge in [-0.2, -0.15) is 0 Å². The molecule has 0 aliphatic carbocycles. The minimum absolute atomic E-state index is 0.0855. The van der Waals surface area contributed by atoms with Gasteiger partial charge in [0.25, 0.3) is 5.69 Å². The Kier molecular flexibility index (Phi) is 7.37. The first-order valence-electron chi connectivity index (χ1n) is 11.4. The van der Waals surface area contributed by atoms with E-state index >= 15 is 0 Å². The molecule has 1 saturated heterocycles. The number of nitrogens with zero attached hydrogens (tertiary/aromatic N) is 3. The molecule has 0 saturated carbocycles. The molecule has 1 aliphatic rings. The van der Waals surface area contributed by atoms with Crippen molar-refractivity contribution in [2.24, 2.45) is 0 Å². The summed E-state index contributed by atoms with van der Waals surface area (Å²) in [4.78, 5) is 16.3. The van der Waals surface area contributed by atoms with Crippen molar-refractivity contribution in [3.8, 4) is 0 Å². The van der Waals surface area contributed by atoms with Gasteiger partial charge in [-0.05, 0) is 30.2 Å². The van der Waals surface area contributed by atoms with Crippen LogP contribution in [0, 0.1) is 10.1 Å². The predicted octanol–water partition coefficient (Wildman–Crippen LogP) is 5.49. The van der Waals surface area contributed by atoms with Crippen molar-refractivity contribution in [1.82, 2.24) is 4.90 Å². The Hall–Kier alpha value is -3.64. The topological polar surface area (TPSA) is 61.7 Å². The molecule has 4 rings (SSSR count). The summed E-state index contributed by atoms with van der Waals surface area (Å²) in [5.74, 6) is 0. The Morgan fingerprint density at radius 3 is 2.09 bits per heavy atom. The van der Waals surface area contributed by atoms with Crippen molar-refractivity contribution in [2.45, 2.75) is 13.0 Å². The fourth-order valence-corrected chi connectivity index (χ4v) is 4.24. The van der Waals surface area contributed by atoms with E-state index in [9.17, 15) is 10.1 Å². The predicted molar refractivity (Wildman–Crippen MR) is 135 cm³/mol. The van der Waals surface area contributed by atoms with Crippen molar-refractivity contribution < 1.29 is 4.92 Å². The molecule has 0 bridgehead atoms. The molecule has 3 aromatic carbocycles. The lowest BCUT2D eigenvalue weighted by Crippen LogP contribution is -2.46. The molecule has 1 fully saturated rings. The zero-order valence-corrected chi connectivity index (χ0v) is 18.9. The highest BCUT2D eigenvalue weighted by molar-refractivity contribution is 5.70. The highest BCUT2D eigenvalue weighted by Crippen LogP contribution is 2.35. The standard InChI is InChI=1S/C27H30N4O2/c1-2-3-16-29-17-19-30(20-18-29)24-14-15-26(31(32)33)25(21-24)28-27(22-10-6-4-7-11-22)23-12-8-5-9-13-23/h2-15,21,27-28H,16-20H2,1H3. The average Bonchev–Trinajstić information content (AvgIpc) is 2.87. The highest BCUT2D eigenvalue weighted by atomic mass is 16.6. The van der Waals surface area contributed by atoms with E-state index in [0.29, 0.717) is 5.69 Å². The summed E-state index contributed by atoms with van der Waals surface area (Å²) in [6.07, 6.45) is 4.26. The second kappa shape index (κ2) is 10.8. The Morgan fingerprint density at radius 2 is 1.55 bits per heavy atom. The molecule has 1 heterocycles. The van der Waals surface area contributed by atoms with Gasteiger partial charge < -0.3 is 10.2 Å². The van der Waals surface area contributed by atoms with Crippen LogP contribution in [0.3, 0.4) is 0 Å². The number of hydrogen-bond donors (Lipinski definition) is 1. The Labute approximate surface area is 195 Å². The molecular formula is C27H30N4O2. The summed E-state index contributed by atoms with van der Waals surface area (Å²) in [6, 6.07) is 25.3. The number of nitro groups is 1. The summed E-state index contributed by atoms with van der Waals surface area (Å²) in [5, 5.41) is 15.3. The van der Waals surface area contributed by atoms with Gasteiger partial charge in [-0.3, -0.25) is 15.0 Å². The third kappa shape index (κ3) is 5.59. The first-order valence-corrected chi connectivity index (χ1v) is 11.4. The molecule has 33 heavy (non-hydrogen) atoms. The maximum Gasteiger partial charge on any atom is 0.292 e. The SMILES string of the molecule is CC=CCN1CCN(c2ccc([N+](=O)[O-])c(NC(c3ccccc3)c3ccccc3)c2)CC1. The summed E-state index contributed by atoms with van der Waals surface area (Å²) in [5.41, 5.74) is 3.74. The first kappa shape index (κ1) is 22.6. The summed E-state index contributed by atoms with van der Waals surface area (Å²) >= 11 is 0. The molecule has 6 nitrogen and oxygen atoms in total. The molecule has 170 valence electrons. The maximum atomic E-state index is 11.8. The molecule has 0 unspecified atom stereocenters. The largest absolute Gasteiger partial charge is 0.369 e. The Morgan fingerprint density at radius 1 is 0.939 bits per heavy atom. The van der Waals surface area contributed by atoms with Gasteiger partial charge in [-0.25, -0.2) is 0 Å². The number of anilines is 2. The monoisotopic (exact) mass is 442 g/mol. The quantitative estimate of drug-likeness (QED) is 0.284.